The SMILES string of the molecule is CCCCN(C(=O)CN1C[C@H](c2ccc3c(c2)OCO3)[C@@H](C(=O)O)[C@@H]1CCN1CCC(=O)N(C)C1=O)c1cccc(C[N+](C)(C)C)c1. The van der Waals surface area contributed by atoms with Gasteiger partial charge in [0.15, 0.2) is 11.5 Å². The van der Waals surface area contributed by atoms with E-state index in [-0.39, 0.29) is 50.7 Å². The van der Waals surface area contributed by atoms with Crippen molar-refractivity contribution in [2.75, 3.05) is 72.6 Å². The second-order valence-corrected chi connectivity index (χ2v) is 13.9. The number of carbonyl (C=O) groups is 4. The van der Waals surface area contributed by atoms with Gasteiger partial charge in [-0.25, -0.2) is 4.79 Å². The van der Waals surface area contributed by atoms with Gasteiger partial charge in [0.05, 0.1) is 33.6 Å². The number of rotatable bonds is 13. The molecule has 0 radical (unpaired) electrons. The average Bonchev–Trinajstić information content (AvgIpc) is 3.63. The van der Waals surface area contributed by atoms with E-state index in [1.807, 2.05) is 34.1 Å². The summed E-state index contributed by atoms with van der Waals surface area (Å²) >= 11 is 0. The van der Waals surface area contributed by atoms with Crippen molar-refractivity contribution in [3.05, 3.63) is 53.6 Å². The summed E-state index contributed by atoms with van der Waals surface area (Å²) in [4.78, 5) is 58.7. The number of benzene rings is 2. The number of carbonyl (C=O) groups excluding carboxylic acids is 3. The van der Waals surface area contributed by atoms with E-state index >= 15 is 0 Å². The van der Waals surface area contributed by atoms with Crippen molar-refractivity contribution >= 4 is 29.5 Å². The molecule has 4 amide bonds. The van der Waals surface area contributed by atoms with Crippen molar-refractivity contribution in [1.29, 1.82) is 0 Å². The molecule has 3 heterocycles. The normalized spacial score (nSPS) is 21.4. The van der Waals surface area contributed by atoms with Crippen LogP contribution in [0.4, 0.5) is 10.5 Å². The first-order valence-corrected chi connectivity index (χ1v) is 16.5. The standard InChI is InChI=1S/C35H47N5O7/c1-6-7-15-39(26-10-8-9-24(18-26)22-40(3,4)5)32(42)21-38-20-27(25-11-12-29-30(19-25)47-23-46-29)33(34(43)44)28(38)13-16-37-17-14-31(41)36(2)35(37)45/h8-12,18-19,27-28,33H,6-7,13-17,20-23H2,1-5H3/p+1/t27-,28+,33-/m1/s1. The van der Waals surface area contributed by atoms with E-state index in [0.29, 0.717) is 31.0 Å². The maximum Gasteiger partial charge on any atom is 0.326 e. The van der Waals surface area contributed by atoms with Crippen molar-refractivity contribution in [2.24, 2.45) is 5.92 Å². The number of aliphatic carboxylic acids is 1. The Morgan fingerprint density at radius 1 is 1.06 bits per heavy atom. The lowest BCUT2D eigenvalue weighted by atomic mass is 9.84. The first-order chi connectivity index (χ1) is 22.4. The molecule has 0 unspecified atom stereocenters. The number of hydrogen-bond donors (Lipinski definition) is 1. The van der Waals surface area contributed by atoms with Gasteiger partial charge in [0.2, 0.25) is 18.6 Å². The average molecular weight is 651 g/mol. The van der Waals surface area contributed by atoms with Crippen molar-refractivity contribution < 1.29 is 38.2 Å². The van der Waals surface area contributed by atoms with Crippen LogP contribution in [-0.4, -0.2) is 122 Å². The molecule has 3 aliphatic heterocycles. The summed E-state index contributed by atoms with van der Waals surface area (Å²) < 4.78 is 11.8. The van der Waals surface area contributed by atoms with Crippen LogP contribution >= 0.6 is 0 Å². The number of likely N-dealkylation sites (tertiary alicyclic amines) is 1. The van der Waals surface area contributed by atoms with E-state index in [2.05, 4.69) is 40.2 Å². The summed E-state index contributed by atoms with van der Waals surface area (Å²) in [7, 11) is 7.85. The van der Waals surface area contributed by atoms with Gasteiger partial charge in [-0.2, -0.15) is 0 Å². The van der Waals surface area contributed by atoms with E-state index in [9.17, 15) is 24.3 Å². The number of fused-ring (bicyclic) bond motifs is 1. The number of urea groups is 1. The van der Waals surface area contributed by atoms with Crippen LogP contribution < -0.4 is 14.4 Å². The predicted octanol–water partition coefficient (Wildman–Crippen LogP) is 3.60. The largest absolute Gasteiger partial charge is 0.481 e. The zero-order chi connectivity index (χ0) is 33.9. The third-order valence-corrected chi connectivity index (χ3v) is 9.33. The molecule has 254 valence electrons. The van der Waals surface area contributed by atoms with Crippen LogP contribution in [0.5, 0.6) is 11.5 Å². The number of unbranched alkanes of at least 4 members (excludes halogenated alkanes) is 1. The van der Waals surface area contributed by atoms with Crippen molar-refractivity contribution in [2.45, 2.75) is 51.1 Å². The van der Waals surface area contributed by atoms with Gasteiger partial charge >= 0.3 is 12.0 Å². The van der Waals surface area contributed by atoms with E-state index in [4.69, 9.17) is 9.47 Å². The zero-order valence-corrected chi connectivity index (χ0v) is 28.2. The van der Waals surface area contributed by atoms with Gasteiger partial charge in [0, 0.05) is 62.9 Å². The summed E-state index contributed by atoms with van der Waals surface area (Å²) in [5.74, 6) is -1.35. The lowest BCUT2D eigenvalue weighted by Crippen LogP contribution is -2.52. The molecular formula is C35H48N5O7+. The number of hydrogen-bond acceptors (Lipinski definition) is 7. The molecule has 0 aliphatic carbocycles. The smallest absolute Gasteiger partial charge is 0.326 e. The molecule has 0 spiro atoms. The fraction of sp³-hybridized carbons (Fsp3) is 0.543. The van der Waals surface area contributed by atoms with Gasteiger partial charge in [-0.05, 0) is 42.7 Å². The van der Waals surface area contributed by atoms with Crippen LogP contribution in [0.25, 0.3) is 0 Å². The molecule has 3 atom stereocenters. The molecule has 2 aromatic carbocycles. The first kappa shape index (κ1) is 34.2. The van der Waals surface area contributed by atoms with Gasteiger partial charge in [-0.1, -0.05) is 31.5 Å². The number of amides is 4. The second kappa shape index (κ2) is 14.3. The first-order valence-electron chi connectivity index (χ1n) is 16.5. The minimum absolute atomic E-state index is 0.0328. The molecular weight excluding hydrogens is 602 g/mol. The number of carboxylic acid groups (broad SMARTS) is 1. The Morgan fingerprint density at radius 3 is 2.55 bits per heavy atom. The van der Waals surface area contributed by atoms with Gasteiger partial charge in [0.25, 0.3) is 0 Å². The third-order valence-electron chi connectivity index (χ3n) is 9.33. The zero-order valence-electron chi connectivity index (χ0n) is 28.2. The number of nitrogens with zero attached hydrogens (tertiary/aromatic N) is 5. The third kappa shape index (κ3) is 7.87. The molecule has 12 nitrogen and oxygen atoms in total. The van der Waals surface area contributed by atoms with Crippen LogP contribution in [-0.2, 0) is 20.9 Å². The summed E-state index contributed by atoms with van der Waals surface area (Å²) in [5, 5.41) is 10.6. The summed E-state index contributed by atoms with van der Waals surface area (Å²) in [6.45, 7) is 4.51. The lowest BCUT2D eigenvalue weighted by molar-refractivity contribution is -0.884. The number of ether oxygens (including phenoxy) is 2. The van der Waals surface area contributed by atoms with Crippen molar-refractivity contribution in [3.63, 3.8) is 0 Å². The van der Waals surface area contributed by atoms with Gasteiger partial charge in [0.1, 0.15) is 6.54 Å². The highest BCUT2D eigenvalue weighted by Crippen LogP contribution is 2.43. The molecule has 0 aromatic heterocycles. The molecule has 2 saturated heterocycles. The highest BCUT2D eigenvalue weighted by atomic mass is 16.7. The summed E-state index contributed by atoms with van der Waals surface area (Å²) in [6, 6.07) is 12.7. The van der Waals surface area contributed by atoms with E-state index in [1.54, 1.807) is 11.0 Å². The Morgan fingerprint density at radius 2 is 1.83 bits per heavy atom. The molecule has 0 saturated carbocycles. The molecule has 5 rings (SSSR count). The van der Waals surface area contributed by atoms with Gasteiger partial charge < -0.3 is 28.9 Å². The molecule has 47 heavy (non-hydrogen) atoms. The quantitative estimate of drug-likeness (QED) is 0.327. The van der Waals surface area contributed by atoms with Gasteiger partial charge in [-0.3, -0.25) is 24.2 Å². The summed E-state index contributed by atoms with van der Waals surface area (Å²) in [5.41, 5.74) is 2.77. The highest BCUT2D eigenvalue weighted by Gasteiger charge is 2.48. The monoisotopic (exact) mass is 650 g/mol. The van der Waals surface area contributed by atoms with Crippen LogP contribution in [0.1, 0.15) is 49.7 Å². The Balaban J connectivity index is 1.43. The van der Waals surface area contributed by atoms with Gasteiger partial charge in [-0.15, -0.1) is 0 Å². The molecule has 0 bridgehead atoms. The van der Waals surface area contributed by atoms with Crippen molar-refractivity contribution in [1.82, 2.24) is 14.7 Å². The fourth-order valence-electron chi connectivity index (χ4n) is 6.99. The fourth-order valence-corrected chi connectivity index (χ4v) is 6.99. The number of quaternary nitrogens is 1. The number of anilines is 1. The van der Waals surface area contributed by atoms with Crippen LogP contribution in [0.15, 0.2) is 42.5 Å². The summed E-state index contributed by atoms with van der Waals surface area (Å²) in [6.07, 6.45) is 2.31. The number of imide groups is 1. The Kier molecular flexibility index (Phi) is 10.4. The molecule has 12 heteroatoms. The Labute approximate surface area is 277 Å². The van der Waals surface area contributed by atoms with E-state index in [1.165, 1.54) is 7.05 Å². The van der Waals surface area contributed by atoms with E-state index in [0.717, 1.165) is 45.6 Å². The van der Waals surface area contributed by atoms with Crippen LogP contribution in [0.2, 0.25) is 0 Å². The number of carboxylic acids is 1. The Hall–Kier alpha value is -4.16. The van der Waals surface area contributed by atoms with Crippen LogP contribution in [0, 0.1) is 5.92 Å². The highest BCUT2D eigenvalue weighted by molar-refractivity contribution is 5.96. The topological polar surface area (TPSA) is 120 Å². The molecule has 1 N–H and O–H groups in total. The maximum atomic E-state index is 14.2. The van der Waals surface area contributed by atoms with Crippen molar-refractivity contribution in [3.8, 4) is 11.5 Å². The lowest BCUT2D eigenvalue weighted by Gasteiger charge is -2.34. The minimum Gasteiger partial charge on any atom is -0.481 e. The minimum atomic E-state index is -0.958. The second-order valence-electron chi connectivity index (χ2n) is 13.9. The van der Waals surface area contributed by atoms with E-state index < -0.39 is 23.8 Å². The maximum absolute atomic E-state index is 14.2. The Bertz CT molecular complexity index is 1490. The van der Waals surface area contributed by atoms with Crippen LogP contribution in [0.3, 0.4) is 0 Å². The predicted molar refractivity (Wildman–Crippen MR) is 176 cm³/mol. The molecule has 3 aliphatic rings. The molecule has 2 fully saturated rings. The molecule has 2 aromatic rings.